The molecule has 0 unspecified atom stereocenters. The van der Waals surface area contributed by atoms with Crippen LogP contribution < -0.4 is 4.90 Å². The van der Waals surface area contributed by atoms with Gasteiger partial charge in [0.25, 0.3) is 0 Å². The number of carbonyl (C=O) groups is 3. The van der Waals surface area contributed by atoms with Gasteiger partial charge in [0.2, 0.25) is 11.8 Å². The highest BCUT2D eigenvalue weighted by Gasteiger charge is 2.47. The van der Waals surface area contributed by atoms with Crippen molar-refractivity contribution in [3.05, 3.63) is 11.8 Å². The van der Waals surface area contributed by atoms with Crippen LogP contribution in [0.2, 0.25) is 0 Å². The van der Waals surface area contributed by atoms with Crippen LogP contribution >= 0.6 is 0 Å². The van der Waals surface area contributed by atoms with Gasteiger partial charge >= 0.3 is 5.97 Å². The number of carboxylic acids is 1. The summed E-state index contributed by atoms with van der Waals surface area (Å²) < 4.78 is 1.27. The van der Waals surface area contributed by atoms with Gasteiger partial charge in [0.1, 0.15) is 5.56 Å². The summed E-state index contributed by atoms with van der Waals surface area (Å²) in [6.45, 7) is 0. The predicted molar refractivity (Wildman–Crippen MR) is 72.8 cm³/mol. The van der Waals surface area contributed by atoms with Gasteiger partial charge in [0.15, 0.2) is 5.82 Å². The summed E-state index contributed by atoms with van der Waals surface area (Å²) in [5.41, 5.74) is -0.325. The fraction of sp³-hybridized carbons (Fsp3) is 0.571. The maximum atomic E-state index is 12.5. The lowest BCUT2D eigenvalue weighted by molar-refractivity contribution is -0.133. The van der Waals surface area contributed by atoms with Crippen LogP contribution in [0.25, 0.3) is 0 Å². The molecule has 0 aromatic carbocycles. The molecule has 0 radical (unpaired) electrons. The van der Waals surface area contributed by atoms with Gasteiger partial charge in [-0.1, -0.05) is 12.8 Å². The van der Waals surface area contributed by atoms with E-state index in [9.17, 15) is 19.5 Å². The Morgan fingerprint density at radius 1 is 1.24 bits per heavy atom. The van der Waals surface area contributed by atoms with E-state index < -0.39 is 5.97 Å². The minimum atomic E-state index is -1.19. The summed E-state index contributed by atoms with van der Waals surface area (Å²) in [5, 5.41) is 13.0. The van der Waals surface area contributed by atoms with Crippen LogP contribution in [0, 0.1) is 5.41 Å². The lowest BCUT2D eigenvalue weighted by Gasteiger charge is -2.37. The van der Waals surface area contributed by atoms with E-state index in [0.717, 1.165) is 36.8 Å². The van der Waals surface area contributed by atoms with Crippen LogP contribution in [-0.4, -0.2) is 32.7 Å². The van der Waals surface area contributed by atoms with Gasteiger partial charge in [0, 0.05) is 19.9 Å². The molecule has 3 rings (SSSR count). The molecule has 1 saturated carbocycles. The van der Waals surface area contributed by atoms with E-state index >= 15 is 0 Å². The molecule has 0 atom stereocenters. The lowest BCUT2D eigenvalue weighted by Crippen LogP contribution is -2.48. The number of carboxylic acid groups (broad SMARTS) is 1. The zero-order chi connectivity index (χ0) is 15.2. The van der Waals surface area contributed by atoms with Crippen molar-refractivity contribution in [1.82, 2.24) is 9.78 Å². The molecule has 2 heterocycles. The molecular formula is C14H17N3O4. The van der Waals surface area contributed by atoms with Gasteiger partial charge in [-0.3, -0.25) is 14.3 Å². The summed E-state index contributed by atoms with van der Waals surface area (Å²) in [5.74, 6) is -1.77. The summed E-state index contributed by atoms with van der Waals surface area (Å²) in [6.07, 6.45) is 5.68. The summed E-state index contributed by atoms with van der Waals surface area (Å²) in [6, 6.07) is 0. The molecule has 2 aliphatic rings. The maximum Gasteiger partial charge on any atom is 0.341 e. The van der Waals surface area contributed by atoms with E-state index in [2.05, 4.69) is 5.10 Å². The van der Waals surface area contributed by atoms with Gasteiger partial charge in [-0.15, -0.1) is 0 Å². The number of piperidine rings is 1. The Hall–Kier alpha value is -2.18. The molecule has 7 nitrogen and oxygen atoms in total. The number of aromatic nitrogens is 2. The Balaban J connectivity index is 1.97. The number of aryl methyl sites for hydroxylation is 1. The molecule has 112 valence electrons. The molecule has 21 heavy (non-hydrogen) atoms. The van der Waals surface area contributed by atoms with E-state index in [1.54, 1.807) is 0 Å². The quantitative estimate of drug-likeness (QED) is 0.830. The van der Waals surface area contributed by atoms with Crippen LogP contribution in [0.1, 0.15) is 48.9 Å². The second-order valence-corrected chi connectivity index (χ2v) is 5.99. The van der Waals surface area contributed by atoms with Crippen molar-refractivity contribution in [3.63, 3.8) is 0 Å². The highest BCUT2D eigenvalue weighted by molar-refractivity contribution is 6.18. The molecular weight excluding hydrogens is 274 g/mol. The minimum Gasteiger partial charge on any atom is -0.477 e. The lowest BCUT2D eigenvalue weighted by atomic mass is 9.76. The molecule has 1 N–H and O–H groups in total. The number of rotatable bonds is 2. The molecule has 1 aromatic rings. The molecule has 7 heteroatoms. The normalized spacial score (nSPS) is 21.3. The standard InChI is InChI=1S/C14H17N3O4/c1-16-12(9(8-15-16)13(20)21)17-10(18)6-14(7-11(17)19)4-2-3-5-14/h8H,2-7H2,1H3,(H,20,21). The third kappa shape index (κ3) is 2.12. The van der Waals surface area contributed by atoms with Crippen LogP contribution in [-0.2, 0) is 16.6 Å². The monoisotopic (exact) mass is 291 g/mol. The van der Waals surface area contributed by atoms with Gasteiger partial charge in [0.05, 0.1) is 6.20 Å². The SMILES string of the molecule is Cn1ncc(C(=O)O)c1N1C(=O)CC2(CCCC2)CC1=O. The van der Waals surface area contributed by atoms with Crippen LogP contribution in [0.15, 0.2) is 6.20 Å². The molecule has 1 spiro atoms. The number of hydrogen-bond donors (Lipinski definition) is 1. The third-order valence-electron chi connectivity index (χ3n) is 4.57. The average molecular weight is 291 g/mol. The van der Waals surface area contributed by atoms with E-state index in [1.165, 1.54) is 11.7 Å². The van der Waals surface area contributed by atoms with E-state index in [1.807, 2.05) is 0 Å². The molecule has 2 fully saturated rings. The minimum absolute atomic E-state index is 0.0605. The highest BCUT2D eigenvalue weighted by atomic mass is 16.4. The number of amides is 2. The summed E-state index contributed by atoms with van der Waals surface area (Å²) in [4.78, 5) is 37.2. The smallest absolute Gasteiger partial charge is 0.341 e. The van der Waals surface area contributed by atoms with Crippen molar-refractivity contribution in [2.75, 3.05) is 4.90 Å². The van der Waals surface area contributed by atoms with Crippen LogP contribution in [0.3, 0.4) is 0 Å². The Bertz CT molecular complexity index is 608. The zero-order valence-electron chi connectivity index (χ0n) is 11.8. The van der Waals surface area contributed by atoms with Gasteiger partial charge in [-0.2, -0.15) is 5.10 Å². The van der Waals surface area contributed by atoms with E-state index in [-0.39, 0.29) is 28.6 Å². The van der Waals surface area contributed by atoms with Gasteiger partial charge < -0.3 is 5.11 Å². The second kappa shape index (κ2) is 4.68. The largest absolute Gasteiger partial charge is 0.477 e. The molecule has 1 aromatic heterocycles. The van der Waals surface area contributed by atoms with Crippen molar-refractivity contribution < 1.29 is 19.5 Å². The van der Waals surface area contributed by atoms with Crippen molar-refractivity contribution >= 4 is 23.6 Å². The van der Waals surface area contributed by atoms with Gasteiger partial charge in [-0.25, -0.2) is 9.69 Å². The predicted octanol–water partition coefficient (Wildman–Crippen LogP) is 1.33. The first kappa shape index (κ1) is 13.8. The van der Waals surface area contributed by atoms with Crippen molar-refractivity contribution in [1.29, 1.82) is 0 Å². The molecule has 1 aliphatic heterocycles. The zero-order valence-corrected chi connectivity index (χ0v) is 11.8. The number of imide groups is 1. The maximum absolute atomic E-state index is 12.5. The highest BCUT2D eigenvalue weighted by Crippen LogP contribution is 2.47. The Morgan fingerprint density at radius 3 is 2.33 bits per heavy atom. The molecule has 0 bridgehead atoms. The first-order chi connectivity index (χ1) is 9.93. The van der Waals surface area contributed by atoms with E-state index in [0.29, 0.717) is 12.8 Å². The Kier molecular flexibility index (Phi) is 3.07. The first-order valence-electron chi connectivity index (χ1n) is 7.05. The number of hydrogen-bond acceptors (Lipinski definition) is 4. The number of carbonyl (C=O) groups excluding carboxylic acids is 2. The van der Waals surface area contributed by atoms with Crippen LogP contribution in [0.4, 0.5) is 5.82 Å². The molecule has 1 saturated heterocycles. The fourth-order valence-electron chi connectivity index (χ4n) is 3.56. The van der Waals surface area contributed by atoms with Gasteiger partial charge in [-0.05, 0) is 18.3 Å². The number of nitrogens with zero attached hydrogens (tertiary/aromatic N) is 3. The molecule has 2 amide bonds. The number of aromatic carboxylic acids is 1. The van der Waals surface area contributed by atoms with Crippen molar-refractivity contribution in [3.8, 4) is 0 Å². The number of anilines is 1. The van der Waals surface area contributed by atoms with Crippen molar-refractivity contribution in [2.24, 2.45) is 12.5 Å². The fourth-order valence-corrected chi connectivity index (χ4v) is 3.56. The average Bonchev–Trinajstić information content (AvgIpc) is 2.97. The second-order valence-electron chi connectivity index (χ2n) is 5.99. The first-order valence-corrected chi connectivity index (χ1v) is 7.05. The third-order valence-corrected chi connectivity index (χ3v) is 4.57. The molecule has 1 aliphatic carbocycles. The Labute approximate surface area is 121 Å². The topological polar surface area (TPSA) is 92.5 Å². The van der Waals surface area contributed by atoms with E-state index in [4.69, 9.17) is 0 Å². The van der Waals surface area contributed by atoms with Crippen LogP contribution in [0.5, 0.6) is 0 Å². The summed E-state index contributed by atoms with van der Waals surface area (Å²) in [7, 11) is 1.53. The summed E-state index contributed by atoms with van der Waals surface area (Å²) >= 11 is 0. The Morgan fingerprint density at radius 2 is 1.81 bits per heavy atom. The van der Waals surface area contributed by atoms with Crippen molar-refractivity contribution in [2.45, 2.75) is 38.5 Å².